The quantitative estimate of drug-likeness (QED) is 0.444. The van der Waals surface area contributed by atoms with Crippen LogP contribution in [-0.2, 0) is 0 Å². The maximum atomic E-state index is 4.41. The third kappa shape index (κ3) is 5.27. The molecule has 0 aliphatic carbocycles. The summed E-state index contributed by atoms with van der Waals surface area (Å²) < 4.78 is 1.22. The van der Waals surface area contributed by atoms with Gasteiger partial charge in [-0.05, 0) is 25.5 Å². The van der Waals surface area contributed by atoms with Crippen LogP contribution in [0, 0.1) is 6.92 Å². The van der Waals surface area contributed by atoms with Gasteiger partial charge >= 0.3 is 0 Å². The second-order valence-electron chi connectivity index (χ2n) is 3.24. The topological polar surface area (TPSA) is 12.9 Å². The summed E-state index contributed by atoms with van der Waals surface area (Å²) >= 11 is 7.84. The van der Waals surface area contributed by atoms with Crippen molar-refractivity contribution in [2.24, 2.45) is 0 Å². The van der Waals surface area contributed by atoms with E-state index in [0.717, 1.165) is 11.4 Å². The highest BCUT2D eigenvalue weighted by Gasteiger charge is 1.98. The molecule has 0 aliphatic rings. The molecule has 0 bridgehead atoms. The number of hydrogen-bond acceptors (Lipinski definition) is 4. The Bertz CT molecular complexity index is 247. The first kappa shape index (κ1) is 12.4. The summed E-state index contributed by atoms with van der Waals surface area (Å²) in [7, 11) is 0. The van der Waals surface area contributed by atoms with E-state index < -0.39 is 0 Å². The Morgan fingerprint density at radius 3 is 2.79 bits per heavy atom. The molecule has 1 rings (SSSR count). The molecule has 1 aromatic rings. The number of thiol groups is 1. The first-order valence-corrected chi connectivity index (χ1v) is 7.48. The van der Waals surface area contributed by atoms with E-state index >= 15 is 0 Å². The fourth-order valence-corrected chi connectivity index (χ4v) is 3.27. The molecule has 0 atom stereocenters. The van der Waals surface area contributed by atoms with Gasteiger partial charge in [-0.2, -0.15) is 12.6 Å². The van der Waals surface area contributed by atoms with Gasteiger partial charge in [-0.25, -0.2) is 4.98 Å². The minimum Gasteiger partial charge on any atom is -0.235 e. The van der Waals surface area contributed by atoms with Gasteiger partial charge in [0, 0.05) is 16.8 Å². The molecule has 0 saturated carbocycles. The Kier molecular flexibility index (Phi) is 6.73. The largest absolute Gasteiger partial charge is 0.235 e. The molecule has 14 heavy (non-hydrogen) atoms. The summed E-state index contributed by atoms with van der Waals surface area (Å²) in [5.41, 5.74) is 1.15. The van der Waals surface area contributed by atoms with Crippen LogP contribution in [-0.4, -0.2) is 16.5 Å². The smallest absolute Gasteiger partial charge is 0.150 e. The van der Waals surface area contributed by atoms with Gasteiger partial charge in [0.05, 0.1) is 0 Å². The van der Waals surface area contributed by atoms with E-state index in [4.69, 9.17) is 0 Å². The van der Waals surface area contributed by atoms with Crippen molar-refractivity contribution in [3.05, 3.63) is 11.1 Å². The molecule has 80 valence electrons. The van der Waals surface area contributed by atoms with E-state index in [1.807, 2.05) is 18.7 Å². The third-order valence-electron chi connectivity index (χ3n) is 1.88. The molecule has 4 heteroatoms. The third-order valence-corrected chi connectivity index (χ3v) is 4.42. The summed E-state index contributed by atoms with van der Waals surface area (Å²) in [5.74, 6) is 2.23. The normalized spacial score (nSPS) is 10.7. The van der Waals surface area contributed by atoms with Gasteiger partial charge in [0.15, 0.2) is 0 Å². The van der Waals surface area contributed by atoms with Crippen LogP contribution in [0.25, 0.3) is 0 Å². The van der Waals surface area contributed by atoms with Gasteiger partial charge < -0.3 is 0 Å². The van der Waals surface area contributed by atoms with Crippen molar-refractivity contribution in [3.63, 3.8) is 0 Å². The predicted molar refractivity (Wildman–Crippen MR) is 69.9 cm³/mol. The zero-order chi connectivity index (χ0) is 10.2. The summed E-state index contributed by atoms with van der Waals surface area (Å²) in [6.45, 7) is 2.05. The first-order valence-electron chi connectivity index (χ1n) is 4.98. The molecule has 0 aliphatic heterocycles. The zero-order valence-electron chi connectivity index (χ0n) is 8.53. The average Bonchev–Trinajstić information content (AvgIpc) is 2.58. The van der Waals surface area contributed by atoms with E-state index in [0.29, 0.717) is 0 Å². The van der Waals surface area contributed by atoms with Crippen LogP contribution in [0.15, 0.2) is 9.72 Å². The van der Waals surface area contributed by atoms with Crippen molar-refractivity contribution < 1.29 is 0 Å². The van der Waals surface area contributed by atoms with E-state index in [-0.39, 0.29) is 0 Å². The maximum Gasteiger partial charge on any atom is 0.150 e. The van der Waals surface area contributed by atoms with E-state index in [1.54, 1.807) is 11.3 Å². The van der Waals surface area contributed by atoms with Crippen LogP contribution in [0.1, 0.15) is 31.4 Å². The second-order valence-corrected chi connectivity index (χ2v) is 5.89. The lowest BCUT2D eigenvalue weighted by Gasteiger charge is -1.98. The summed E-state index contributed by atoms with van der Waals surface area (Å²) in [4.78, 5) is 4.41. The minimum atomic E-state index is 1.03. The Morgan fingerprint density at radius 1 is 1.36 bits per heavy atom. The van der Waals surface area contributed by atoms with E-state index in [1.165, 1.54) is 35.8 Å². The summed E-state index contributed by atoms with van der Waals surface area (Å²) in [5, 5.41) is 2.11. The van der Waals surface area contributed by atoms with E-state index in [2.05, 4.69) is 23.0 Å². The summed E-state index contributed by atoms with van der Waals surface area (Å²) in [6.07, 6.45) is 5.21. The van der Waals surface area contributed by atoms with Gasteiger partial charge in [0.2, 0.25) is 0 Å². The lowest BCUT2D eigenvalue weighted by Crippen LogP contribution is -1.82. The molecule has 0 radical (unpaired) electrons. The van der Waals surface area contributed by atoms with Gasteiger partial charge in [0.25, 0.3) is 0 Å². The highest BCUT2D eigenvalue weighted by Crippen LogP contribution is 2.23. The van der Waals surface area contributed by atoms with E-state index in [9.17, 15) is 0 Å². The Balaban J connectivity index is 1.99. The van der Waals surface area contributed by atoms with Gasteiger partial charge in [0.1, 0.15) is 4.34 Å². The Hall–Kier alpha value is 0.330. The number of unbranched alkanes of at least 4 members (excludes halogenated alkanes) is 3. The fourth-order valence-electron chi connectivity index (χ4n) is 1.13. The molecule has 0 N–H and O–H groups in total. The molecule has 1 aromatic heterocycles. The van der Waals surface area contributed by atoms with Crippen LogP contribution in [0.2, 0.25) is 0 Å². The molecule has 0 spiro atoms. The van der Waals surface area contributed by atoms with Gasteiger partial charge in [-0.15, -0.1) is 11.3 Å². The number of aryl methyl sites for hydroxylation is 1. The van der Waals surface area contributed by atoms with Crippen molar-refractivity contribution in [3.8, 4) is 0 Å². The highest BCUT2D eigenvalue weighted by atomic mass is 32.2. The van der Waals surface area contributed by atoms with Crippen molar-refractivity contribution in [1.82, 2.24) is 4.98 Å². The second kappa shape index (κ2) is 7.60. The minimum absolute atomic E-state index is 1.03. The lowest BCUT2D eigenvalue weighted by atomic mass is 10.2. The van der Waals surface area contributed by atoms with Crippen molar-refractivity contribution in [2.45, 2.75) is 36.9 Å². The van der Waals surface area contributed by atoms with Crippen LogP contribution < -0.4 is 0 Å². The predicted octanol–water partition coefficient (Wildman–Crippen LogP) is 4.03. The fraction of sp³-hybridized carbons (Fsp3) is 0.700. The molecule has 0 fully saturated rings. The number of thiazole rings is 1. The lowest BCUT2D eigenvalue weighted by molar-refractivity contribution is 0.712. The standard InChI is InChI=1S/C10H17NS3/c1-9-8-14-10(11-9)13-7-5-3-2-4-6-12/h8,12H,2-7H2,1H3. The Labute approximate surface area is 100 Å². The number of hydrogen-bond donors (Lipinski definition) is 1. The molecule has 0 unspecified atom stereocenters. The monoisotopic (exact) mass is 247 g/mol. The molecule has 1 nitrogen and oxygen atoms in total. The number of nitrogens with zero attached hydrogens (tertiary/aromatic N) is 1. The first-order chi connectivity index (χ1) is 6.83. The van der Waals surface area contributed by atoms with Crippen LogP contribution in [0.5, 0.6) is 0 Å². The molecule has 0 saturated heterocycles. The Morgan fingerprint density at radius 2 is 2.14 bits per heavy atom. The molecular formula is C10H17NS3. The number of rotatable bonds is 7. The molecule has 0 aromatic carbocycles. The van der Waals surface area contributed by atoms with Crippen molar-refractivity contribution >= 4 is 35.7 Å². The number of thioether (sulfide) groups is 1. The molecule has 0 amide bonds. The molecular weight excluding hydrogens is 230 g/mol. The SMILES string of the molecule is Cc1csc(SCCCCCCS)n1. The van der Waals surface area contributed by atoms with Gasteiger partial charge in [-0.1, -0.05) is 24.6 Å². The zero-order valence-corrected chi connectivity index (χ0v) is 11.1. The summed E-state index contributed by atoms with van der Waals surface area (Å²) in [6, 6.07) is 0. The van der Waals surface area contributed by atoms with Crippen molar-refractivity contribution in [2.75, 3.05) is 11.5 Å². The van der Waals surface area contributed by atoms with Crippen LogP contribution in [0.4, 0.5) is 0 Å². The highest BCUT2D eigenvalue weighted by molar-refractivity contribution is 8.00. The van der Waals surface area contributed by atoms with Gasteiger partial charge in [-0.3, -0.25) is 0 Å². The van der Waals surface area contributed by atoms with Crippen LogP contribution >= 0.6 is 35.7 Å². The molecule has 1 heterocycles. The maximum absolute atomic E-state index is 4.41. The van der Waals surface area contributed by atoms with Crippen LogP contribution in [0.3, 0.4) is 0 Å². The average molecular weight is 247 g/mol. The van der Waals surface area contributed by atoms with Crippen molar-refractivity contribution in [1.29, 1.82) is 0 Å². The number of aromatic nitrogens is 1.